The third-order valence-electron chi connectivity index (χ3n) is 11.5. The van der Waals surface area contributed by atoms with Crippen molar-refractivity contribution in [2.75, 3.05) is 0 Å². The number of fused-ring (bicyclic) bond motifs is 5. The number of carbonyl (C=O) groups is 1. The number of epoxide rings is 1. The fraction of sp³-hybridized carbons (Fsp3) is 0.897. The van der Waals surface area contributed by atoms with E-state index in [1.165, 1.54) is 50.5 Å². The lowest BCUT2D eigenvalue weighted by molar-refractivity contribution is -0.117. The lowest BCUT2D eigenvalue weighted by Crippen LogP contribution is -2.51. The summed E-state index contributed by atoms with van der Waals surface area (Å²) in [7, 11) is 0. The van der Waals surface area contributed by atoms with Crippen LogP contribution in [0, 0.1) is 52.3 Å². The molecule has 0 bridgehead atoms. The van der Waals surface area contributed by atoms with Gasteiger partial charge in [0.2, 0.25) is 0 Å². The maximum absolute atomic E-state index is 12.1. The highest BCUT2D eigenvalue weighted by Crippen LogP contribution is 2.68. The van der Waals surface area contributed by atoms with E-state index in [0.29, 0.717) is 34.7 Å². The number of ketones is 1. The highest BCUT2D eigenvalue weighted by atomic mass is 16.6. The molecule has 31 heavy (non-hydrogen) atoms. The summed E-state index contributed by atoms with van der Waals surface area (Å²) >= 11 is 0. The van der Waals surface area contributed by atoms with Gasteiger partial charge >= 0.3 is 0 Å². The van der Waals surface area contributed by atoms with Crippen LogP contribution < -0.4 is 0 Å². The van der Waals surface area contributed by atoms with E-state index in [9.17, 15) is 4.79 Å². The van der Waals surface area contributed by atoms with Crippen molar-refractivity contribution in [1.29, 1.82) is 0 Å². The lowest BCUT2D eigenvalue weighted by Gasteiger charge is -2.58. The smallest absolute Gasteiger partial charge is 0.155 e. The van der Waals surface area contributed by atoms with E-state index in [-0.39, 0.29) is 0 Å². The van der Waals surface area contributed by atoms with Crippen LogP contribution >= 0.6 is 0 Å². The van der Waals surface area contributed by atoms with Gasteiger partial charge in [-0.2, -0.15) is 0 Å². The highest BCUT2D eigenvalue weighted by Gasteiger charge is 2.62. The van der Waals surface area contributed by atoms with E-state index >= 15 is 0 Å². The molecule has 0 N–H and O–H groups in total. The fourth-order valence-electron chi connectivity index (χ4n) is 9.68. The Morgan fingerprint density at radius 2 is 1.77 bits per heavy atom. The van der Waals surface area contributed by atoms with Crippen LogP contribution in [0.25, 0.3) is 0 Å². The molecule has 1 saturated heterocycles. The van der Waals surface area contributed by atoms with Crippen LogP contribution in [0.1, 0.15) is 99.3 Å². The molecule has 0 aromatic heterocycles. The Hall–Kier alpha value is -0.630. The average Bonchev–Trinajstić information content (AvgIpc) is 3.42. The molecule has 2 heteroatoms. The number of hydrogen-bond donors (Lipinski definition) is 0. The van der Waals surface area contributed by atoms with Gasteiger partial charge in [0.25, 0.3) is 0 Å². The Morgan fingerprint density at radius 3 is 2.48 bits per heavy atom. The van der Waals surface area contributed by atoms with Gasteiger partial charge in [0.1, 0.15) is 0 Å². The minimum absolute atomic E-state index is 0.304. The molecule has 1 heterocycles. The topological polar surface area (TPSA) is 29.6 Å². The van der Waals surface area contributed by atoms with E-state index in [1.807, 2.05) is 0 Å². The summed E-state index contributed by atoms with van der Waals surface area (Å²) in [5.41, 5.74) is 2.31. The third kappa shape index (κ3) is 3.32. The molecule has 4 fully saturated rings. The van der Waals surface area contributed by atoms with E-state index < -0.39 is 0 Å². The Balaban J connectivity index is 1.33. The van der Waals surface area contributed by atoms with E-state index in [2.05, 4.69) is 47.6 Å². The number of hydrogen-bond acceptors (Lipinski definition) is 2. The molecule has 0 amide bonds. The minimum atomic E-state index is 0.304. The quantitative estimate of drug-likeness (QED) is 0.434. The van der Waals surface area contributed by atoms with Crippen LogP contribution in [0.15, 0.2) is 11.6 Å². The van der Waals surface area contributed by atoms with Gasteiger partial charge in [0.05, 0.1) is 12.2 Å². The Labute approximate surface area is 191 Å². The molecule has 5 rings (SSSR count). The third-order valence-corrected chi connectivity index (χ3v) is 11.5. The van der Waals surface area contributed by atoms with Gasteiger partial charge < -0.3 is 4.74 Å². The van der Waals surface area contributed by atoms with E-state index in [0.717, 1.165) is 48.3 Å². The van der Waals surface area contributed by atoms with Crippen LogP contribution in [0.2, 0.25) is 0 Å². The number of allylic oxidation sites excluding steroid dienone is 1. The molecule has 0 radical (unpaired) electrons. The van der Waals surface area contributed by atoms with Crippen LogP contribution in [-0.4, -0.2) is 18.0 Å². The molecular weight excluding hydrogens is 380 g/mol. The number of ether oxygens (including phenoxy) is 1. The first-order valence-electron chi connectivity index (χ1n) is 13.6. The minimum Gasteiger partial charge on any atom is -0.369 e. The summed E-state index contributed by atoms with van der Waals surface area (Å²) in [6.45, 7) is 14.8. The second-order valence-corrected chi connectivity index (χ2v) is 12.9. The van der Waals surface area contributed by atoms with Crippen molar-refractivity contribution in [3.8, 4) is 0 Å². The Morgan fingerprint density at radius 1 is 1.00 bits per heavy atom. The standard InChI is InChI=1S/C29H46O2/c1-7-21(17(2)3)27-26(31-27)18(4)23-10-11-24-22-9-8-19-16-20(30)12-14-28(19,5)25(22)13-15-29(23,24)6/h16-18,21-27H,7-15H2,1-6H3/t18-,21-,22-,23+,24-,25-,26-,27+,28-,29+/m0/s1. The van der Waals surface area contributed by atoms with Gasteiger partial charge in [-0.1, -0.05) is 53.5 Å². The predicted molar refractivity (Wildman–Crippen MR) is 127 cm³/mol. The maximum atomic E-state index is 12.1. The molecule has 1 aliphatic heterocycles. The molecule has 0 aromatic carbocycles. The van der Waals surface area contributed by atoms with Crippen molar-refractivity contribution >= 4 is 5.78 Å². The van der Waals surface area contributed by atoms with Crippen molar-refractivity contribution in [2.24, 2.45) is 52.3 Å². The zero-order valence-corrected chi connectivity index (χ0v) is 21.0. The fourth-order valence-corrected chi connectivity index (χ4v) is 9.68. The van der Waals surface area contributed by atoms with Gasteiger partial charge in [-0.25, -0.2) is 0 Å². The highest BCUT2D eigenvalue weighted by molar-refractivity contribution is 5.91. The van der Waals surface area contributed by atoms with Gasteiger partial charge in [0.15, 0.2) is 5.78 Å². The Kier molecular flexibility index (Phi) is 5.52. The first-order chi connectivity index (χ1) is 14.7. The van der Waals surface area contributed by atoms with Crippen molar-refractivity contribution in [3.05, 3.63) is 11.6 Å². The van der Waals surface area contributed by atoms with Crippen molar-refractivity contribution in [3.63, 3.8) is 0 Å². The van der Waals surface area contributed by atoms with Crippen molar-refractivity contribution in [2.45, 2.75) is 112 Å². The lowest BCUT2D eigenvalue weighted by atomic mass is 9.46. The van der Waals surface area contributed by atoms with Crippen molar-refractivity contribution < 1.29 is 9.53 Å². The molecule has 0 unspecified atom stereocenters. The summed E-state index contributed by atoms with van der Waals surface area (Å²) in [5, 5.41) is 0. The molecule has 4 aliphatic carbocycles. The molecule has 3 saturated carbocycles. The largest absolute Gasteiger partial charge is 0.369 e. The van der Waals surface area contributed by atoms with E-state index in [4.69, 9.17) is 4.74 Å². The number of rotatable bonds is 5. The maximum Gasteiger partial charge on any atom is 0.155 e. The normalized spacial score (nSPS) is 48.5. The zero-order chi connectivity index (χ0) is 22.1. The summed E-state index contributed by atoms with van der Waals surface area (Å²) in [6, 6.07) is 0. The summed E-state index contributed by atoms with van der Waals surface area (Å²) in [4.78, 5) is 12.1. The van der Waals surface area contributed by atoms with Crippen LogP contribution in [0.3, 0.4) is 0 Å². The molecule has 10 atom stereocenters. The summed E-state index contributed by atoms with van der Waals surface area (Å²) < 4.78 is 6.39. The number of carbonyl (C=O) groups excluding carboxylic acids is 1. The summed E-state index contributed by atoms with van der Waals surface area (Å²) in [6.07, 6.45) is 14.3. The van der Waals surface area contributed by atoms with Crippen LogP contribution in [0.5, 0.6) is 0 Å². The van der Waals surface area contributed by atoms with Crippen molar-refractivity contribution in [1.82, 2.24) is 0 Å². The SMILES string of the molecule is CC[C@@H](C(C)C)[C@H]1O[C@H]1[C@@H](C)[C@H]1CC[C@H]2[C@@H]3CCC4=CC(=O)CC[C@]4(C)[C@H]3CC[C@]12C. The van der Waals surface area contributed by atoms with E-state index in [1.54, 1.807) is 0 Å². The molecular formula is C29H46O2. The van der Waals surface area contributed by atoms with Crippen LogP contribution in [-0.2, 0) is 9.53 Å². The second-order valence-electron chi connectivity index (χ2n) is 12.9. The predicted octanol–water partition coefficient (Wildman–Crippen LogP) is 7.22. The molecule has 0 aromatic rings. The first-order valence-corrected chi connectivity index (χ1v) is 13.6. The first kappa shape index (κ1) is 22.2. The molecule has 174 valence electrons. The van der Waals surface area contributed by atoms with Gasteiger partial charge in [-0.05, 0) is 103 Å². The van der Waals surface area contributed by atoms with Gasteiger partial charge in [0, 0.05) is 6.42 Å². The zero-order valence-electron chi connectivity index (χ0n) is 21.0. The van der Waals surface area contributed by atoms with Gasteiger partial charge in [-0.15, -0.1) is 0 Å². The Bertz CT molecular complexity index is 752. The molecule has 2 nitrogen and oxygen atoms in total. The summed E-state index contributed by atoms with van der Waals surface area (Å²) in [5.74, 6) is 5.94. The molecule has 0 spiro atoms. The van der Waals surface area contributed by atoms with Crippen LogP contribution in [0.4, 0.5) is 0 Å². The molecule has 5 aliphatic rings. The second kappa shape index (κ2) is 7.71. The average molecular weight is 427 g/mol. The monoisotopic (exact) mass is 426 g/mol. The van der Waals surface area contributed by atoms with Gasteiger partial charge in [-0.3, -0.25) is 4.79 Å².